The first-order valence-corrected chi connectivity index (χ1v) is 6.10. The van der Waals surface area contributed by atoms with Gasteiger partial charge in [0.2, 0.25) is 5.91 Å². The summed E-state index contributed by atoms with van der Waals surface area (Å²) < 4.78 is 10.3. The van der Waals surface area contributed by atoms with Gasteiger partial charge < -0.3 is 20.5 Å². The van der Waals surface area contributed by atoms with Crippen LogP contribution in [0.15, 0.2) is 0 Å². The van der Waals surface area contributed by atoms with Crippen molar-refractivity contribution in [1.29, 1.82) is 0 Å². The summed E-state index contributed by atoms with van der Waals surface area (Å²) in [6.45, 7) is 6.51. The maximum Gasteiger partial charge on any atom is 0.407 e. The van der Waals surface area contributed by atoms with Crippen LogP contribution >= 0.6 is 0 Å². The van der Waals surface area contributed by atoms with E-state index in [1.54, 1.807) is 20.8 Å². The fourth-order valence-corrected chi connectivity index (χ4v) is 1.83. The molecule has 104 valence electrons. The van der Waals surface area contributed by atoms with E-state index in [2.05, 4.69) is 5.32 Å². The standard InChI is InChI=1S/C12H22N2O4/c1-11(2,3)18-10(16)14-8-12(9(13)15)4-6-17-7-5-12/h4-8H2,1-3H3,(H2,13,15)(H,14,16). The molecule has 0 unspecified atom stereocenters. The lowest BCUT2D eigenvalue weighted by Crippen LogP contribution is -2.50. The number of ether oxygens (including phenoxy) is 2. The number of primary amides is 1. The summed E-state index contributed by atoms with van der Waals surface area (Å²) in [4.78, 5) is 23.1. The lowest BCUT2D eigenvalue weighted by Gasteiger charge is -2.34. The van der Waals surface area contributed by atoms with Gasteiger partial charge in [-0.15, -0.1) is 0 Å². The van der Waals surface area contributed by atoms with E-state index in [4.69, 9.17) is 15.2 Å². The highest BCUT2D eigenvalue weighted by Crippen LogP contribution is 2.29. The monoisotopic (exact) mass is 258 g/mol. The number of nitrogens with one attached hydrogen (secondary N) is 1. The van der Waals surface area contributed by atoms with E-state index in [0.29, 0.717) is 26.1 Å². The van der Waals surface area contributed by atoms with Crippen molar-refractivity contribution in [3.05, 3.63) is 0 Å². The first-order valence-electron chi connectivity index (χ1n) is 6.10. The summed E-state index contributed by atoms with van der Waals surface area (Å²) in [5, 5.41) is 2.61. The Kier molecular flexibility index (Phi) is 4.56. The van der Waals surface area contributed by atoms with Gasteiger partial charge in [-0.25, -0.2) is 4.79 Å². The molecule has 0 radical (unpaired) electrons. The molecule has 0 aliphatic carbocycles. The lowest BCUT2D eigenvalue weighted by atomic mass is 9.79. The molecule has 0 saturated carbocycles. The number of hydrogen-bond acceptors (Lipinski definition) is 4. The molecular formula is C12H22N2O4. The lowest BCUT2D eigenvalue weighted by molar-refractivity contribution is -0.132. The SMILES string of the molecule is CC(C)(C)OC(=O)NCC1(C(N)=O)CCOCC1. The highest BCUT2D eigenvalue weighted by atomic mass is 16.6. The predicted octanol–water partition coefficient (Wildman–Crippen LogP) is 0.793. The molecule has 1 saturated heterocycles. The van der Waals surface area contributed by atoms with Gasteiger partial charge in [-0.05, 0) is 33.6 Å². The van der Waals surface area contributed by atoms with Gasteiger partial charge in [0.25, 0.3) is 0 Å². The summed E-state index contributed by atoms with van der Waals surface area (Å²) in [5.74, 6) is -0.401. The molecule has 0 spiro atoms. The van der Waals surface area contributed by atoms with Gasteiger partial charge in [0.15, 0.2) is 0 Å². The second kappa shape index (κ2) is 5.56. The first kappa shape index (κ1) is 14.8. The molecule has 0 aromatic carbocycles. The van der Waals surface area contributed by atoms with E-state index in [0.717, 1.165) is 0 Å². The minimum Gasteiger partial charge on any atom is -0.444 e. The maximum absolute atomic E-state index is 11.5. The summed E-state index contributed by atoms with van der Waals surface area (Å²) in [5.41, 5.74) is 4.16. The van der Waals surface area contributed by atoms with Crippen LogP contribution in [0.4, 0.5) is 4.79 Å². The van der Waals surface area contributed by atoms with E-state index >= 15 is 0 Å². The highest BCUT2D eigenvalue weighted by Gasteiger charge is 2.39. The zero-order valence-electron chi connectivity index (χ0n) is 11.2. The molecule has 1 aliphatic heterocycles. The van der Waals surface area contributed by atoms with E-state index < -0.39 is 23.0 Å². The van der Waals surface area contributed by atoms with Gasteiger partial charge in [-0.3, -0.25) is 4.79 Å². The summed E-state index contributed by atoms with van der Waals surface area (Å²) in [6, 6.07) is 0. The molecule has 1 heterocycles. The van der Waals surface area contributed by atoms with Gasteiger partial charge in [-0.1, -0.05) is 0 Å². The highest BCUT2D eigenvalue weighted by molar-refractivity contribution is 5.82. The van der Waals surface area contributed by atoms with Gasteiger partial charge >= 0.3 is 6.09 Å². The molecule has 6 nitrogen and oxygen atoms in total. The molecule has 2 amide bonds. The van der Waals surface area contributed by atoms with Crippen LogP contribution in [0.3, 0.4) is 0 Å². The number of amides is 2. The molecule has 1 rings (SSSR count). The number of carbonyl (C=O) groups excluding carboxylic acids is 2. The van der Waals surface area contributed by atoms with Gasteiger partial charge in [0.05, 0.1) is 5.41 Å². The Balaban J connectivity index is 2.53. The molecule has 6 heteroatoms. The average molecular weight is 258 g/mol. The van der Waals surface area contributed by atoms with Crippen molar-refractivity contribution < 1.29 is 19.1 Å². The molecule has 3 N–H and O–H groups in total. The number of alkyl carbamates (subject to hydrolysis) is 1. The third kappa shape index (κ3) is 4.18. The van der Waals surface area contributed by atoms with Crippen molar-refractivity contribution in [2.75, 3.05) is 19.8 Å². The molecule has 0 aromatic rings. The third-order valence-corrected chi connectivity index (χ3v) is 2.94. The van der Waals surface area contributed by atoms with Gasteiger partial charge in [0.1, 0.15) is 5.60 Å². The van der Waals surface area contributed by atoms with Gasteiger partial charge in [0, 0.05) is 19.8 Å². The van der Waals surface area contributed by atoms with Crippen molar-refractivity contribution in [2.24, 2.45) is 11.1 Å². The Morgan fingerprint density at radius 2 is 1.89 bits per heavy atom. The van der Waals surface area contributed by atoms with Crippen LogP contribution in [0.5, 0.6) is 0 Å². The molecular weight excluding hydrogens is 236 g/mol. The number of hydrogen-bond donors (Lipinski definition) is 2. The van der Waals surface area contributed by atoms with Crippen LogP contribution in [0, 0.1) is 5.41 Å². The van der Waals surface area contributed by atoms with Gasteiger partial charge in [-0.2, -0.15) is 0 Å². The number of nitrogens with two attached hydrogens (primary N) is 1. The van der Waals surface area contributed by atoms with Crippen LogP contribution in [0.2, 0.25) is 0 Å². The Hall–Kier alpha value is -1.30. The van der Waals surface area contributed by atoms with Crippen molar-refractivity contribution in [3.63, 3.8) is 0 Å². The summed E-state index contributed by atoms with van der Waals surface area (Å²) in [7, 11) is 0. The van der Waals surface area contributed by atoms with E-state index in [1.807, 2.05) is 0 Å². The van der Waals surface area contributed by atoms with Crippen molar-refractivity contribution in [3.8, 4) is 0 Å². The van der Waals surface area contributed by atoms with Crippen LogP contribution < -0.4 is 11.1 Å². The van der Waals surface area contributed by atoms with Crippen molar-refractivity contribution in [2.45, 2.75) is 39.2 Å². The number of carbonyl (C=O) groups is 2. The second-order valence-electron chi connectivity index (χ2n) is 5.61. The molecule has 1 fully saturated rings. The predicted molar refractivity (Wildman–Crippen MR) is 65.9 cm³/mol. The summed E-state index contributed by atoms with van der Waals surface area (Å²) in [6.07, 6.45) is 0.519. The second-order valence-corrected chi connectivity index (χ2v) is 5.61. The van der Waals surface area contributed by atoms with E-state index in [1.165, 1.54) is 0 Å². The quantitative estimate of drug-likeness (QED) is 0.783. The zero-order valence-corrected chi connectivity index (χ0v) is 11.2. The Labute approximate surface area is 107 Å². The Bertz CT molecular complexity index is 317. The average Bonchev–Trinajstić information content (AvgIpc) is 2.25. The normalized spacial score (nSPS) is 19.1. The summed E-state index contributed by atoms with van der Waals surface area (Å²) >= 11 is 0. The minimum absolute atomic E-state index is 0.195. The largest absolute Gasteiger partial charge is 0.444 e. The van der Waals surface area contributed by atoms with Crippen LogP contribution in [-0.2, 0) is 14.3 Å². The van der Waals surface area contributed by atoms with E-state index in [9.17, 15) is 9.59 Å². The first-order chi connectivity index (χ1) is 8.25. The van der Waals surface area contributed by atoms with Crippen molar-refractivity contribution in [1.82, 2.24) is 5.32 Å². The number of rotatable bonds is 3. The fraction of sp³-hybridized carbons (Fsp3) is 0.833. The van der Waals surface area contributed by atoms with Crippen LogP contribution in [0.1, 0.15) is 33.6 Å². The smallest absolute Gasteiger partial charge is 0.407 e. The van der Waals surface area contributed by atoms with E-state index in [-0.39, 0.29) is 6.54 Å². The van der Waals surface area contributed by atoms with Crippen LogP contribution in [0.25, 0.3) is 0 Å². The Morgan fingerprint density at radius 1 is 1.33 bits per heavy atom. The molecule has 0 aromatic heterocycles. The zero-order chi connectivity index (χ0) is 13.8. The molecule has 18 heavy (non-hydrogen) atoms. The topological polar surface area (TPSA) is 90.6 Å². The Morgan fingerprint density at radius 3 is 2.33 bits per heavy atom. The molecule has 0 atom stereocenters. The minimum atomic E-state index is -0.713. The molecule has 1 aliphatic rings. The molecule has 0 bridgehead atoms. The fourth-order valence-electron chi connectivity index (χ4n) is 1.83. The van der Waals surface area contributed by atoms with Crippen LogP contribution in [-0.4, -0.2) is 37.4 Å². The third-order valence-electron chi connectivity index (χ3n) is 2.94. The van der Waals surface area contributed by atoms with Crippen molar-refractivity contribution >= 4 is 12.0 Å². The maximum atomic E-state index is 11.5.